The van der Waals surface area contributed by atoms with Gasteiger partial charge in [-0.1, -0.05) is 18.2 Å². The molecule has 1 N–H and O–H groups in total. The van der Waals surface area contributed by atoms with Crippen molar-refractivity contribution in [3.05, 3.63) is 89.1 Å². The Bertz CT molecular complexity index is 1060. The number of hydrogen-bond acceptors (Lipinski definition) is 4. The molecule has 30 heavy (non-hydrogen) atoms. The summed E-state index contributed by atoms with van der Waals surface area (Å²) in [6.07, 6.45) is 0.0410. The summed E-state index contributed by atoms with van der Waals surface area (Å²) < 4.78 is 35.2. The van der Waals surface area contributed by atoms with Crippen LogP contribution >= 0.6 is 0 Å². The first-order valence-corrected chi connectivity index (χ1v) is 9.32. The van der Waals surface area contributed by atoms with Crippen molar-refractivity contribution in [2.75, 3.05) is 6.61 Å². The van der Waals surface area contributed by atoms with Crippen molar-refractivity contribution in [1.82, 2.24) is 10.3 Å². The van der Waals surface area contributed by atoms with Crippen LogP contribution < -0.4 is 5.32 Å². The van der Waals surface area contributed by atoms with Gasteiger partial charge in [-0.05, 0) is 48.9 Å². The zero-order chi connectivity index (χ0) is 21.5. The summed E-state index contributed by atoms with van der Waals surface area (Å²) in [5.41, 5.74) is 1.17. The summed E-state index contributed by atoms with van der Waals surface area (Å²) >= 11 is 0. The van der Waals surface area contributed by atoms with Gasteiger partial charge in [-0.15, -0.1) is 0 Å². The van der Waals surface area contributed by atoms with E-state index in [1.165, 1.54) is 12.3 Å². The first-order valence-electron chi connectivity index (χ1n) is 9.32. The Balaban J connectivity index is 1.87. The van der Waals surface area contributed by atoms with Crippen molar-refractivity contribution >= 4 is 5.91 Å². The number of nitrogens with zero attached hydrogens (tertiary/aromatic N) is 2. The molecule has 0 aliphatic rings. The largest absolute Gasteiger partial charge is 0.364 e. The zero-order valence-corrected chi connectivity index (χ0v) is 16.2. The lowest BCUT2D eigenvalue weighted by molar-refractivity contribution is -0.133. The second kappa shape index (κ2) is 9.72. The molecule has 152 valence electrons. The number of aromatic nitrogens is 1. The van der Waals surface area contributed by atoms with Crippen molar-refractivity contribution < 1.29 is 18.3 Å². The number of halogens is 2. The third kappa shape index (κ3) is 4.67. The number of benzene rings is 2. The van der Waals surface area contributed by atoms with Crippen molar-refractivity contribution in [2.45, 2.75) is 19.6 Å². The van der Waals surface area contributed by atoms with E-state index in [2.05, 4.69) is 10.3 Å². The van der Waals surface area contributed by atoms with Crippen molar-refractivity contribution in [2.24, 2.45) is 0 Å². The Labute approximate surface area is 173 Å². The normalized spacial score (nSPS) is 11.5. The lowest BCUT2D eigenvalue weighted by atomic mass is 10.0. The van der Waals surface area contributed by atoms with Gasteiger partial charge >= 0.3 is 0 Å². The fraction of sp³-hybridized carbons (Fsp3) is 0.174. The van der Waals surface area contributed by atoms with Gasteiger partial charge in [-0.3, -0.25) is 9.78 Å². The Hall–Kier alpha value is -3.63. The highest BCUT2D eigenvalue weighted by atomic mass is 19.1. The summed E-state index contributed by atoms with van der Waals surface area (Å²) in [6, 6.07) is 16.0. The number of amides is 1. The van der Waals surface area contributed by atoms with Crippen LogP contribution in [0.4, 0.5) is 8.78 Å². The van der Waals surface area contributed by atoms with Gasteiger partial charge in [0.05, 0.1) is 22.9 Å². The van der Waals surface area contributed by atoms with Crippen LogP contribution in [0, 0.1) is 23.0 Å². The number of carbonyl (C=O) groups is 1. The van der Waals surface area contributed by atoms with Gasteiger partial charge in [0.15, 0.2) is 6.10 Å². The lowest BCUT2D eigenvalue weighted by Gasteiger charge is -2.20. The molecule has 1 atom stereocenters. The van der Waals surface area contributed by atoms with Crippen LogP contribution in [0.25, 0.3) is 11.3 Å². The predicted octanol–water partition coefficient (Wildman–Crippen LogP) is 4.29. The Kier molecular flexibility index (Phi) is 6.83. The number of nitrogens with one attached hydrogen (secondary N) is 1. The lowest BCUT2D eigenvalue weighted by Crippen LogP contribution is -2.31. The van der Waals surface area contributed by atoms with E-state index in [0.717, 1.165) is 11.6 Å². The molecule has 3 rings (SSSR count). The smallest absolute Gasteiger partial charge is 0.254 e. The van der Waals surface area contributed by atoms with Gasteiger partial charge in [0.25, 0.3) is 5.91 Å². The third-order valence-corrected chi connectivity index (χ3v) is 4.45. The van der Waals surface area contributed by atoms with Crippen LogP contribution in [0.2, 0.25) is 0 Å². The van der Waals surface area contributed by atoms with Crippen molar-refractivity contribution in [1.29, 1.82) is 5.26 Å². The van der Waals surface area contributed by atoms with E-state index >= 15 is 4.39 Å². The summed E-state index contributed by atoms with van der Waals surface area (Å²) in [5.74, 6) is -2.43. The molecule has 0 bridgehead atoms. The van der Waals surface area contributed by atoms with Gasteiger partial charge in [-0.2, -0.15) is 5.26 Å². The summed E-state index contributed by atoms with van der Waals surface area (Å²) in [4.78, 5) is 16.8. The van der Waals surface area contributed by atoms with Gasteiger partial charge in [0.2, 0.25) is 0 Å². The average Bonchev–Trinajstić information content (AvgIpc) is 2.78. The highest BCUT2D eigenvalue weighted by Crippen LogP contribution is 2.31. The fourth-order valence-corrected chi connectivity index (χ4v) is 2.97. The molecule has 0 spiro atoms. The van der Waals surface area contributed by atoms with Gasteiger partial charge in [-0.25, -0.2) is 8.78 Å². The molecule has 0 radical (unpaired) electrons. The van der Waals surface area contributed by atoms with Gasteiger partial charge < -0.3 is 10.1 Å². The summed E-state index contributed by atoms with van der Waals surface area (Å²) in [6.45, 7) is 1.85. The van der Waals surface area contributed by atoms with Crippen LogP contribution in [0.1, 0.15) is 29.7 Å². The monoisotopic (exact) mass is 407 g/mol. The third-order valence-electron chi connectivity index (χ3n) is 4.45. The maximum Gasteiger partial charge on any atom is 0.254 e. The topological polar surface area (TPSA) is 75.0 Å². The summed E-state index contributed by atoms with van der Waals surface area (Å²) in [5, 5.41) is 11.5. The van der Waals surface area contributed by atoms with Crippen LogP contribution in [-0.4, -0.2) is 17.5 Å². The predicted molar refractivity (Wildman–Crippen MR) is 107 cm³/mol. The molecule has 3 aromatic rings. The Morgan fingerprint density at radius 1 is 1.17 bits per heavy atom. The number of pyridine rings is 1. The molecule has 1 heterocycles. The van der Waals surface area contributed by atoms with Crippen LogP contribution in [-0.2, 0) is 16.1 Å². The molecule has 0 saturated heterocycles. The van der Waals surface area contributed by atoms with Crippen LogP contribution in [0.5, 0.6) is 0 Å². The van der Waals surface area contributed by atoms with Gasteiger partial charge in [0, 0.05) is 24.9 Å². The fourth-order valence-electron chi connectivity index (χ4n) is 2.97. The van der Waals surface area contributed by atoms with Crippen LogP contribution in [0.3, 0.4) is 0 Å². The standard InChI is InChI=1S/C23H19F2N3O2/c1-2-30-22(23(29)28-14-16-8-6-15(13-26)7-9-16)20-18(24)11-10-17(21(20)25)19-5-3-4-12-27-19/h3-12,22H,2,14H2,1H3,(H,28,29). The van der Waals surface area contributed by atoms with E-state index < -0.39 is 29.2 Å². The number of hydrogen-bond donors (Lipinski definition) is 1. The Morgan fingerprint density at radius 3 is 2.57 bits per heavy atom. The average molecular weight is 407 g/mol. The molecule has 1 amide bonds. The highest BCUT2D eigenvalue weighted by molar-refractivity contribution is 5.83. The maximum absolute atomic E-state index is 15.2. The quantitative estimate of drug-likeness (QED) is 0.634. The molecule has 1 unspecified atom stereocenters. The van der Waals surface area contributed by atoms with E-state index in [4.69, 9.17) is 10.00 Å². The minimum Gasteiger partial charge on any atom is -0.364 e. The SMILES string of the molecule is CCOC(C(=O)NCc1ccc(C#N)cc1)c1c(F)ccc(-c2ccccn2)c1F. The van der Waals surface area contributed by atoms with Crippen LogP contribution in [0.15, 0.2) is 60.8 Å². The molecule has 7 heteroatoms. The second-order valence-electron chi connectivity index (χ2n) is 6.40. The van der Waals surface area contributed by atoms with E-state index in [-0.39, 0.29) is 18.7 Å². The molecule has 2 aromatic carbocycles. The molecule has 0 aliphatic heterocycles. The van der Waals surface area contributed by atoms with E-state index in [9.17, 15) is 9.18 Å². The maximum atomic E-state index is 15.2. The number of carbonyl (C=O) groups excluding carboxylic acids is 1. The van der Waals surface area contributed by atoms with E-state index in [0.29, 0.717) is 11.3 Å². The van der Waals surface area contributed by atoms with E-state index in [1.807, 2.05) is 6.07 Å². The molecular weight excluding hydrogens is 388 g/mol. The molecule has 1 aromatic heterocycles. The summed E-state index contributed by atoms with van der Waals surface area (Å²) in [7, 11) is 0. The second-order valence-corrected chi connectivity index (χ2v) is 6.40. The van der Waals surface area contributed by atoms with Gasteiger partial charge in [0.1, 0.15) is 11.6 Å². The zero-order valence-electron chi connectivity index (χ0n) is 16.2. The minimum atomic E-state index is -1.46. The Morgan fingerprint density at radius 2 is 1.93 bits per heavy atom. The van der Waals surface area contributed by atoms with Crippen molar-refractivity contribution in [3.8, 4) is 17.3 Å². The number of nitriles is 1. The van der Waals surface area contributed by atoms with Crippen molar-refractivity contribution in [3.63, 3.8) is 0 Å². The molecule has 0 saturated carbocycles. The first-order chi connectivity index (χ1) is 14.5. The number of ether oxygens (including phenoxy) is 1. The molecule has 0 fully saturated rings. The molecule has 0 aliphatic carbocycles. The first kappa shape index (κ1) is 21.1. The molecular formula is C23H19F2N3O2. The number of rotatable bonds is 7. The highest BCUT2D eigenvalue weighted by Gasteiger charge is 2.29. The molecule has 5 nitrogen and oxygen atoms in total. The van der Waals surface area contributed by atoms with E-state index in [1.54, 1.807) is 49.4 Å². The minimum absolute atomic E-state index is 0.0802.